The molecule has 0 fully saturated rings. The molecule has 0 radical (unpaired) electrons. The van der Waals surface area contributed by atoms with Crippen LogP contribution in [0.2, 0.25) is 0 Å². The minimum absolute atomic E-state index is 0.0177. The minimum Gasteiger partial charge on any atom is -0.392 e. The molecule has 18 heavy (non-hydrogen) atoms. The third-order valence-corrected chi connectivity index (χ3v) is 3.16. The summed E-state index contributed by atoms with van der Waals surface area (Å²) in [6, 6.07) is 11.8. The number of H-pyrrole nitrogens is 1. The summed E-state index contributed by atoms with van der Waals surface area (Å²) in [5.41, 5.74) is 5.82. The van der Waals surface area contributed by atoms with Gasteiger partial charge in [-0.3, -0.25) is 5.10 Å². The highest BCUT2D eigenvalue weighted by molar-refractivity contribution is 5.94. The molecule has 3 aromatic rings. The number of nitrogens with one attached hydrogen (secondary N) is 1. The Morgan fingerprint density at radius 3 is 2.83 bits per heavy atom. The van der Waals surface area contributed by atoms with Crippen molar-refractivity contribution in [2.45, 2.75) is 13.5 Å². The zero-order chi connectivity index (χ0) is 12.5. The van der Waals surface area contributed by atoms with Crippen molar-refractivity contribution in [2.75, 3.05) is 0 Å². The van der Waals surface area contributed by atoms with Crippen molar-refractivity contribution in [1.82, 2.24) is 15.4 Å². The Morgan fingerprint density at radius 2 is 2.00 bits per heavy atom. The van der Waals surface area contributed by atoms with Gasteiger partial charge in [0.25, 0.3) is 0 Å². The van der Waals surface area contributed by atoms with Gasteiger partial charge in [0.1, 0.15) is 5.52 Å². The van der Waals surface area contributed by atoms with E-state index in [0.717, 1.165) is 33.3 Å². The second-order valence-corrected chi connectivity index (χ2v) is 4.28. The van der Waals surface area contributed by atoms with Crippen LogP contribution >= 0.6 is 0 Å². The first-order valence-electron chi connectivity index (χ1n) is 5.81. The van der Waals surface area contributed by atoms with Gasteiger partial charge in [0, 0.05) is 5.56 Å². The van der Waals surface area contributed by atoms with Crippen LogP contribution in [0.4, 0.5) is 0 Å². The summed E-state index contributed by atoms with van der Waals surface area (Å²) in [5, 5.41) is 20.3. The third kappa shape index (κ3) is 1.58. The highest BCUT2D eigenvalue weighted by Gasteiger charge is 2.12. The van der Waals surface area contributed by atoms with Crippen LogP contribution in [0, 0.1) is 6.92 Å². The Labute approximate surface area is 104 Å². The lowest BCUT2D eigenvalue weighted by Crippen LogP contribution is -1.92. The quantitative estimate of drug-likeness (QED) is 0.722. The summed E-state index contributed by atoms with van der Waals surface area (Å²) in [5.74, 6) is 0. The zero-order valence-electron chi connectivity index (χ0n) is 10.0. The highest BCUT2D eigenvalue weighted by Crippen LogP contribution is 2.32. The average Bonchev–Trinajstić information content (AvgIpc) is 2.87. The lowest BCUT2D eigenvalue weighted by atomic mass is 9.95. The Kier molecular flexibility index (Phi) is 2.57. The van der Waals surface area contributed by atoms with E-state index >= 15 is 0 Å². The molecular formula is C14H13N3O. The van der Waals surface area contributed by atoms with Crippen LogP contribution in [-0.4, -0.2) is 20.5 Å². The van der Waals surface area contributed by atoms with E-state index in [4.69, 9.17) is 0 Å². The van der Waals surface area contributed by atoms with E-state index < -0.39 is 0 Å². The molecule has 1 heterocycles. The van der Waals surface area contributed by atoms with Gasteiger partial charge in [-0.2, -0.15) is 0 Å². The molecule has 0 spiro atoms. The summed E-state index contributed by atoms with van der Waals surface area (Å²) in [4.78, 5) is 0. The van der Waals surface area contributed by atoms with Crippen molar-refractivity contribution in [3.63, 3.8) is 0 Å². The number of nitrogens with zero attached hydrogens (tertiary/aromatic N) is 2. The molecule has 0 unspecified atom stereocenters. The molecule has 4 heteroatoms. The van der Waals surface area contributed by atoms with Gasteiger partial charge in [-0.25, -0.2) is 0 Å². The molecule has 1 aromatic heterocycles. The number of hydrogen-bond acceptors (Lipinski definition) is 3. The summed E-state index contributed by atoms with van der Waals surface area (Å²) < 4.78 is 0. The Morgan fingerprint density at radius 1 is 1.17 bits per heavy atom. The van der Waals surface area contributed by atoms with E-state index in [2.05, 4.69) is 15.4 Å². The van der Waals surface area contributed by atoms with Crippen LogP contribution < -0.4 is 0 Å². The number of rotatable bonds is 2. The predicted octanol–water partition coefficient (Wildman–Crippen LogP) is 2.43. The molecule has 0 saturated carbocycles. The fraction of sp³-hybridized carbons (Fsp3) is 0.143. The highest BCUT2D eigenvalue weighted by atomic mass is 16.3. The topological polar surface area (TPSA) is 61.8 Å². The van der Waals surface area contributed by atoms with Gasteiger partial charge in [-0.1, -0.05) is 35.5 Å². The number of aliphatic hydroxyl groups excluding tert-OH is 1. The van der Waals surface area contributed by atoms with Crippen LogP contribution in [0.1, 0.15) is 11.1 Å². The second kappa shape index (κ2) is 4.23. The number of aliphatic hydroxyl groups is 1. The molecule has 90 valence electrons. The van der Waals surface area contributed by atoms with Gasteiger partial charge in [0.05, 0.1) is 12.1 Å². The molecule has 0 aliphatic heterocycles. The molecule has 0 aliphatic carbocycles. The van der Waals surface area contributed by atoms with Crippen molar-refractivity contribution >= 4 is 11.0 Å². The van der Waals surface area contributed by atoms with Crippen molar-refractivity contribution in [2.24, 2.45) is 0 Å². The molecular weight excluding hydrogens is 226 g/mol. The fourth-order valence-corrected chi connectivity index (χ4v) is 2.26. The summed E-state index contributed by atoms with van der Waals surface area (Å²) in [6.07, 6.45) is 0. The first kappa shape index (κ1) is 10.9. The zero-order valence-corrected chi connectivity index (χ0v) is 10.0. The maximum Gasteiger partial charge on any atom is 0.121 e. The van der Waals surface area contributed by atoms with E-state index in [-0.39, 0.29) is 6.61 Å². The molecule has 0 aliphatic rings. The van der Waals surface area contributed by atoms with E-state index in [0.29, 0.717) is 0 Å². The summed E-state index contributed by atoms with van der Waals surface area (Å²) in [7, 11) is 0. The van der Waals surface area contributed by atoms with E-state index in [9.17, 15) is 5.11 Å². The Hall–Kier alpha value is -2.20. The predicted molar refractivity (Wildman–Crippen MR) is 70.0 cm³/mol. The number of benzene rings is 2. The van der Waals surface area contributed by atoms with Gasteiger partial charge in [0.15, 0.2) is 0 Å². The first-order valence-corrected chi connectivity index (χ1v) is 5.81. The molecule has 4 nitrogen and oxygen atoms in total. The molecule has 0 saturated heterocycles. The van der Waals surface area contributed by atoms with Gasteiger partial charge >= 0.3 is 0 Å². The second-order valence-electron chi connectivity index (χ2n) is 4.28. The molecule has 2 aromatic carbocycles. The summed E-state index contributed by atoms with van der Waals surface area (Å²) >= 11 is 0. The molecule has 2 N–H and O–H groups in total. The van der Waals surface area contributed by atoms with Crippen molar-refractivity contribution in [3.8, 4) is 11.1 Å². The smallest absolute Gasteiger partial charge is 0.121 e. The number of aromatic nitrogens is 3. The van der Waals surface area contributed by atoms with Crippen LogP contribution in [0.5, 0.6) is 0 Å². The van der Waals surface area contributed by atoms with Gasteiger partial charge in [-0.05, 0) is 29.7 Å². The maximum atomic E-state index is 9.45. The lowest BCUT2D eigenvalue weighted by molar-refractivity contribution is 0.282. The number of aryl methyl sites for hydroxylation is 1. The first-order chi connectivity index (χ1) is 8.81. The van der Waals surface area contributed by atoms with Crippen LogP contribution in [0.3, 0.4) is 0 Å². The van der Waals surface area contributed by atoms with Crippen LogP contribution in [0.25, 0.3) is 22.2 Å². The largest absolute Gasteiger partial charge is 0.392 e. The van der Waals surface area contributed by atoms with Crippen molar-refractivity contribution in [1.29, 1.82) is 0 Å². The number of aromatic amines is 1. The van der Waals surface area contributed by atoms with Crippen molar-refractivity contribution in [3.05, 3.63) is 47.5 Å². The third-order valence-electron chi connectivity index (χ3n) is 3.16. The van der Waals surface area contributed by atoms with Gasteiger partial charge < -0.3 is 5.11 Å². The average molecular weight is 239 g/mol. The Balaban J connectivity index is 2.37. The fourth-order valence-electron chi connectivity index (χ4n) is 2.26. The molecule has 0 bridgehead atoms. The standard InChI is InChI=1S/C14H13N3O/c1-9-6-7-12-14(16-17-15-12)13(9)11-5-3-2-4-10(11)8-18/h2-7,18H,8H2,1H3,(H,15,16,17). The lowest BCUT2D eigenvalue weighted by Gasteiger charge is -2.10. The van der Waals surface area contributed by atoms with Crippen molar-refractivity contribution < 1.29 is 5.11 Å². The minimum atomic E-state index is 0.0177. The number of fused-ring (bicyclic) bond motifs is 1. The normalized spacial score (nSPS) is 11.0. The maximum absolute atomic E-state index is 9.45. The molecule has 3 rings (SSSR count). The summed E-state index contributed by atoms with van der Waals surface area (Å²) in [6.45, 7) is 2.06. The van der Waals surface area contributed by atoms with Gasteiger partial charge in [-0.15, -0.1) is 5.10 Å². The van der Waals surface area contributed by atoms with E-state index in [1.165, 1.54) is 0 Å². The molecule has 0 atom stereocenters. The SMILES string of the molecule is Cc1ccc2[nH]nnc2c1-c1ccccc1CO. The molecule has 0 amide bonds. The van der Waals surface area contributed by atoms with Crippen LogP contribution in [0.15, 0.2) is 36.4 Å². The Bertz CT molecular complexity index is 703. The van der Waals surface area contributed by atoms with Crippen LogP contribution in [-0.2, 0) is 6.61 Å². The van der Waals surface area contributed by atoms with Gasteiger partial charge in [0.2, 0.25) is 0 Å². The number of hydrogen-bond donors (Lipinski definition) is 2. The van der Waals surface area contributed by atoms with E-state index in [1.54, 1.807) is 0 Å². The van der Waals surface area contributed by atoms with E-state index in [1.807, 2.05) is 43.3 Å². The monoisotopic (exact) mass is 239 g/mol.